The molecule has 2 aromatic heterocycles. The fourth-order valence-electron chi connectivity index (χ4n) is 5.48. The number of nitrogens with zero attached hydrogens (tertiary/aromatic N) is 2. The van der Waals surface area contributed by atoms with Crippen LogP contribution in [0.1, 0.15) is 5.56 Å². The van der Waals surface area contributed by atoms with E-state index < -0.39 is 0 Å². The maximum Gasteiger partial charge on any atom is 0.0978 e. The molecule has 7 aromatic rings. The average molecular weight is 473 g/mol. The summed E-state index contributed by atoms with van der Waals surface area (Å²) in [5, 5.41) is 4.65. The molecular weight excluding hydrogens is 448 g/mol. The van der Waals surface area contributed by atoms with Gasteiger partial charge in [-0.1, -0.05) is 109 Å². The highest BCUT2D eigenvalue weighted by molar-refractivity contribution is 6.13. The van der Waals surface area contributed by atoms with Crippen molar-refractivity contribution in [3.63, 3.8) is 0 Å². The van der Waals surface area contributed by atoms with Crippen LogP contribution in [0.4, 0.5) is 0 Å². The topological polar surface area (TPSA) is 25.8 Å². The van der Waals surface area contributed by atoms with Crippen LogP contribution in [0.3, 0.4) is 0 Å². The third-order valence-corrected chi connectivity index (χ3v) is 7.25. The first-order valence-electron chi connectivity index (χ1n) is 12.6. The van der Waals surface area contributed by atoms with Crippen molar-refractivity contribution in [1.29, 1.82) is 0 Å². The van der Waals surface area contributed by atoms with Gasteiger partial charge in [0.2, 0.25) is 0 Å². The minimum absolute atomic E-state index is 0.927. The molecule has 0 fully saturated rings. The molecule has 0 saturated heterocycles. The fourth-order valence-corrected chi connectivity index (χ4v) is 5.48. The average Bonchev–Trinajstić information content (AvgIpc) is 2.97. The lowest BCUT2D eigenvalue weighted by Gasteiger charge is -2.16. The number of pyridine rings is 2. The highest BCUT2D eigenvalue weighted by Gasteiger charge is 2.17. The van der Waals surface area contributed by atoms with Gasteiger partial charge in [0, 0.05) is 22.5 Å². The van der Waals surface area contributed by atoms with Gasteiger partial charge in [-0.3, -0.25) is 4.98 Å². The summed E-state index contributed by atoms with van der Waals surface area (Å²) in [7, 11) is 0. The van der Waals surface area contributed by atoms with Crippen LogP contribution in [0.15, 0.2) is 128 Å². The lowest BCUT2D eigenvalue weighted by molar-refractivity contribution is 1.36. The number of aryl methyl sites for hydroxylation is 1. The summed E-state index contributed by atoms with van der Waals surface area (Å²) in [5.41, 5.74) is 9.90. The normalized spacial score (nSPS) is 11.4. The number of hydrogen-bond acceptors (Lipinski definition) is 2. The van der Waals surface area contributed by atoms with E-state index in [1.165, 1.54) is 44.2 Å². The molecule has 0 aliphatic carbocycles. The number of hydrogen-bond donors (Lipinski definition) is 0. The Balaban J connectivity index is 1.61. The second-order valence-electron chi connectivity index (χ2n) is 9.48. The number of aromatic nitrogens is 2. The van der Waals surface area contributed by atoms with Gasteiger partial charge in [-0.15, -0.1) is 0 Å². The molecule has 2 heterocycles. The molecule has 0 bridgehead atoms. The predicted molar refractivity (Wildman–Crippen MR) is 156 cm³/mol. The van der Waals surface area contributed by atoms with E-state index in [4.69, 9.17) is 9.97 Å². The smallest absolute Gasteiger partial charge is 0.0978 e. The summed E-state index contributed by atoms with van der Waals surface area (Å²) in [6.45, 7) is 2.17. The molecule has 0 saturated carbocycles. The molecule has 0 aliphatic rings. The van der Waals surface area contributed by atoms with Crippen molar-refractivity contribution >= 4 is 32.6 Å². The van der Waals surface area contributed by atoms with Crippen molar-refractivity contribution in [2.75, 3.05) is 0 Å². The summed E-state index contributed by atoms with van der Waals surface area (Å²) in [5.74, 6) is 0. The van der Waals surface area contributed by atoms with Crippen molar-refractivity contribution in [3.05, 3.63) is 133 Å². The van der Waals surface area contributed by atoms with Crippen molar-refractivity contribution in [2.45, 2.75) is 6.92 Å². The molecule has 2 nitrogen and oxygen atoms in total. The van der Waals surface area contributed by atoms with Crippen molar-refractivity contribution < 1.29 is 0 Å². The van der Waals surface area contributed by atoms with Gasteiger partial charge in [-0.2, -0.15) is 0 Å². The Morgan fingerprint density at radius 3 is 1.92 bits per heavy atom. The maximum atomic E-state index is 5.34. The zero-order valence-electron chi connectivity index (χ0n) is 20.5. The van der Waals surface area contributed by atoms with Crippen molar-refractivity contribution in [1.82, 2.24) is 9.97 Å². The first-order chi connectivity index (χ1) is 18.3. The van der Waals surface area contributed by atoms with Crippen LogP contribution < -0.4 is 0 Å². The van der Waals surface area contributed by atoms with Crippen LogP contribution in [0.5, 0.6) is 0 Å². The fraction of sp³-hybridized carbons (Fsp3) is 0.0286. The standard InChI is InChI=1S/C35H24N2/c1-23-16-17-26-14-8-9-15-28(26)33(23)32-22-31(25-12-6-3-7-13-25)30-19-18-29-27(24-10-4-2-5-11-24)20-21-36-34(29)35(30)37-32/h2-22H,1H3. The minimum Gasteiger partial charge on any atom is -0.254 e. The van der Waals surface area contributed by atoms with Crippen LogP contribution in [0, 0.1) is 6.92 Å². The molecule has 0 radical (unpaired) electrons. The Labute approximate surface area is 215 Å². The quantitative estimate of drug-likeness (QED) is 0.240. The second-order valence-corrected chi connectivity index (χ2v) is 9.48. The lowest BCUT2D eigenvalue weighted by Crippen LogP contribution is -1.95. The second kappa shape index (κ2) is 8.69. The summed E-state index contributed by atoms with van der Waals surface area (Å²) < 4.78 is 0. The van der Waals surface area contributed by atoms with Gasteiger partial charge in [-0.05, 0) is 57.6 Å². The SMILES string of the molecule is Cc1ccc2ccccc2c1-c1cc(-c2ccccc2)c2ccc3c(-c4ccccc4)ccnc3c2n1. The van der Waals surface area contributed by atoms with E-state index in [-0.39, 0.29) is 0 Å². The molecular formula is C35H24N2. The van der Waals surface area contributed by atoms with E-state index in [9.17, 15) is 0 Å². The molecule has 174 valence electrons. The van der Waals surface area contributed by atoms with Gasteiger partial charge in [0.1, 0.15) is 0 Å². The van der Waals surface area contributed by atoms with Gasteiger partial charge in [0.15, 0.2) is 0 Å². The Bertz CT molecular complexity index is 1920. The third kappa shape index (κ3) is 3.57. The molecule has 2 heteroatoms. The predicted octanol–water partition coefficient (Wildman–Crippen LogP) is 9.25. The molecule has 0 aliphatic heterocycles. The summed E-state index contributed by atoms with van der Waals surface area (Å²) >= 11 is 0. The van der Waals surface area contributed by atoms with Gasteiger partial charge >= 0.3 is 0 Å². The van der Waals surface area contributed by atoms with E-state index in [2.05, 4.69) is 128 Å². The summed E-state index contributed by atoms with van der Waals surface area (Å²) in [4.78, 5) is 10.2. The van der Waals surface area contributed by atoms with Gasteiger partial charge < -0.3 is 0 Å². The van der Waals surface area contributed by atoms with E-state index >= 15 is 0 Å². The first kappa shape index (κ1) is 21.5. The van der Waals surface area contributed by atoms with Gasteiger partial charge in [0.25, 0.3) is 0 Å². The molecule has 7 rings (SSSR count). The molecule has 5 aromatic carbocycles. The van der Waals surface area contributed by atoms with Crippen molar-refractivity contribution in [3.8, 4) is 33.5 Å². The zero-order valence-corrected chi connectivity index (χ0v) is 20.5. The Kier molecular flexibility index (Phi) is 5.04. The lowest BCUT2D eigenvalue weighted by atomic mass is 9.92. The number of fused-ring (bicyclic) bond motifs is 4. The molecule has 0 amide bonds. The van der Waals surface area contributed by atoms with E-state index in [0.717, 1.165) is 27.5 Å². The van der Waals surface area contributed by atoms with E-state index in [1.54, 1.807) is 0 Å². The van der Waals surface area contributed by atoms with Crippen LogP contribution in [0.2, 0.25) is 0 Å². The molecule has 37 heavy (non-hydrogen) atoms. The number of benzene rings is 5. The van der Waals surface area contributed by atoms with Gasteiger partial charge in [-0.25, -0.2) is 4.98 Å². The monoisotopic (exact) mass is 472 g/mol. The van der Waals surface area contributed by atoms with Crippen LogP contribution >= 0.6 is 0 Å². The number of rotatable bonds is 3. The third-order valence-electron chi connectivity index (χ3n) is 7.25. The highest BCUT2D eigenvalue weighted by atomic mass is 14.8. The van der Waals surface area contributed by atoms with Crippen LogP contribution in [0.25, 0.3) is 66.1 Å². The highest BCUT2D eigenvalue weighted by Crippen LogP contribution is 2.39. The van der Waals surface area contributed by atoms with Crippen LogP contribution in [-0.2, 0) is 0 Å². The molecule has 0 spiro atoms. The van der Waals surface area contributed by atoms with Crippen molar-refractivity contribution in [2.24, 2.45) is 0 Å². The summed E-state index contributed by atoms with van der Waals surface area (Å²) in [6, 6.07) is 42.8. The first-order valence-corrected chi connectivity index (χ1v) is 12.6. The van der Waals surface area contributed by atoms with Gasteiger partial charge in [0.05, 0.1) is 16.7 Å². The Morgan fingerprint density at radius 2 is 1.16 bits per heavy atom. The molecule has 0 unspecified atom stereocenters. The Morgan fingerprint density at radius 1 is 0.514 bits per heavy atom. The molecule has 0 atom stereocenters. The zero-order chi connectivity index (χ0) is 24.8. The molecule has 0 N–H and O–H groups in total. The van der Waals surface area contributed by atoms with E-state index in [1.807, 2.05) is 6.20 Å². The minimum atomic E-state index is 0.927. The Hall–Kier alpha value is -4.82. The largest absolute Gasteiger partial charge is 0.254 e. The summed E-state index contributed by atoms with van der Waals surface area (Å²) in [6.07, 6.45) is 1.91. The van der Waals surface area contributed by atoms with Crippen LogP contribution in [-0.4, -0.2) is 9.97 Å². The van der Waals surface area contributed by atoms with E-state index in [0.29, 0.717) is 0 Å². The maximum absolute atomic E-state index is 5.34.